The van der Waals surface area contributed by atoms with Gasteiger partial charge in [-0.2, -0.15) is 0 Å². The molecule has 88 valence electrons. The molecule has 4 heteroatoms. The van der Waals surface area contributed by atoms with Crippen molar-refractivity contribution >= 4 is 0 Å². The van der Waals surface area contributed by atoms with Gasteiger partial charge in [-0.3, -0.25) is 0 Å². The van der Waals surface area contributed by atoms with Crippen LogP contribution in [-0.4, -0.2) is 31.2 Å². The summed E-state index contributed by atoms with van der Waals surface area (Å²) in [7, 11) is 0. The number of rotatable bonds is 5. The summed E-state index contributed by atoms with van der Waals surface area (Å²) < 4.78 is 16.1. The van der Waals surface area contributed by atoms with Gasteiger partial charge in [0.05, 0.1) is 26.4 Å². The summed E-state index contributed by atoms with van der Waals surface area (Å²) in [6.45, 7) is 1.99. The Morgan fingerprint density at radius 1 is 1.19 bits per heavy atom. The van der Waals surface area contributed by atoms with Gasteiger partial charge in [-0.1, -0.05) is 12.1 Å². The lowest BCUT2D eigenvalue weighted by molar-refractivity contribution is -0.0531. The Hall–Kier alpha value is -1.10. The summed E-state index contributed by atoms with van der Waals surface area (Å²) >= 11 is 0. The molecule has 1 aromatic rings. The molecule has 0 unspecified atom stereocenters. The predicted octanol–water partition coefficient (Wildman–Crippen LogP) is 1.32. The molecule has 0 bridgehead atoms. The molecule has 0 aliphatic carbocycles. The molecule has 1 aliphatic rings. The van der Waals surface area contributed by atoms with Gasteiger partial charge in [0.2, 0.25) is 0 Å². The van der Waals surface area contributed by atoms with Crippen LogP contribution in [0.15, 0.2) is 24.3 Å². The van der Waals surface area contributed by atoms with E-state index in [1.807, 2.05) is 24.3 Å². The molecule has 0 saturated carbocycles. The maximum atomic E-state index is 8.87. The van der Waals surface area contributed by atoms with Crippen LogP contribution in [0.2, 0.25) is 0 Å². The fourth-order valence-corrected chi connectivity index (χ4v) is 1.54. The SMILES string of the molecule is OCc1ccc(OCCC2OCCO2)cc1. The topological polar surface area (TPSA) is 47.9 Å². The lowest BCUT2D eigenvalue weighted by Crippen LogP contribution is -2.12. The van der Waals surface area contributed by atoms with Crippen molar-refractivity contribution in [3.8, 4) is 5.75 Å². The van der Waals surface area contributed by atoms with Crippen LogP contribution in [0.4, 0.5) is 0 Å². The minimum atomic E-state index is -0.114. The van der Waals surface area contributed by atoms with Gasteiger partial charge in [-0.05, 0) is 17.7 Å². The summed E-state index contributed by atoms with van der Waals surface area (Å²) in [6.07, 6.45) is 0.624. The Kier molecular flexibility index (Phi) is 4.16. The van der Waals surface area contributed by atoms with E-state index in [9.17, 15) is 0 Å². The smallest absolute Gasteiger partial charge is 0.161 e. The fraction of sp³-hybridized carbons (Fsp3) is 0.500. The molecule has 1 aliphatic heterocycles. The van der Waals surface area contributed by atoms with Gasteiger partial charge in [0.25, 0.3) is 0 Å². The van der Waals surface area contributed by atoms with E-state index in [1.54, 1.807) is 0 Å². The van der Waals surface area contributed by atoms with Gasteiger partial charge in [-0.25, -0.2) is 0 Å². The first-order valence-electron chi connectivity index (χ1n) is 5.44. The molecular weight excluding hydrogens is 208 g/mol. The Morgan fingerprint density at radius 3 is 2.50 bits per heavy atom. The molecule has 1 heterocycles. The number of aliphatic hydroxyl groups excluding tert-OH is 1. The summed E-state index contributed by atoms with van der Waals surface area (Å²) in [4.78, 5) is 0. The summed E-state index contributed by atoms with van der Waals surface area (Å²) in [5.41, 5.74) is 0.884. The number of benzene rings is 1. The second-order valence-corrected chi connectivity index (χ2v) is 3.61. The molecule has 2 rings (SSSR count). The van der Waals surface area contributed by atoms with E-state index in [0.717, 1.165) is 17.7 Å². The van der Waals surface area contributed by atoms with Gasteiger partial charge in [-0.15, -0.1) is 0 Å². The van der Waals surface area contributed by atoms with Gasteiger partial charge in [0.15, 0.2) is 6.29 Å². The van der Waals surface area contributed by atoms with Crippen LogP contribution in [0.5, 0.6) is 5.75 Å². The van der Waals surface area contributed by atoms with Crippen molar-refractivity contribution in [1.29, 1.82) is 0 Å². The molecule has 0 atom stereocenters. The van der Waals surface area contributed by atoms with Crippen molar-refractivity contribution in [2.24, 2.45) is 0 Å². The van der Waals surface area contributed by atoms with Gasteiger partial charge in [0, 0.05) is 6.42 Å². The lowest BCUT2D eigenvalue weighted by atomic mass is 10.2. The van der Waals surface area contributed by atoms with E-state index in [0.29, 0.717) is 19.8 Å². The van der Waals surface area contributed by atoms with E-state index in [-0.39, 0.29) is 12.9 Å². The zero-order chi connectivity index (χ0) is 11.2. The molecule has 16 heavy (non-hydrogen) atoms. The predicted molar refractivity (Wildman–Crippen MR) is 58.2 cm³/mol. The molecule has 1 saturated heterocycles. The third kappa shape index (κ3) is 3.20. The number of aliphatic hydroxyl groups is 1. The van der Waals surface area contributed by atoms with Crippen molar-refractivity contribution in [3.63, 3.8) is 0 Å². The Labute approximate surface area is 94.8 Å². The molecule has 1 N–H and O–H groups in total. The zero-order valence-corrected chi connectivity index (χ0v) is 9.09. The number of hydrogen-bond donors (Lipinski definition) is 1. The number of hydrogen-bond acceptors (Lipinski definition) is 4. The van der Waals surface area contributed by atoms with Gasteiger partial charge < -0.3 is 19.3 Å². The Balaban J connectivity index is 1.71. The zero-order valence-electron chi connectivity index (χ0n) is 9.09. The second-order valence-electron chi connectivity index (χ2n) is 3.61. The first-order valence-corrected chi connectivity index (χ1v) is 5.44. The van der Waals surface area contributed by atoms with Crippen LogP contribution in [0, 0.1) is 0 Å². The standard InChI is InChI=1S/C12H16O4/c13-9-10-1-3-11(4-2-10)14-6-5-12-15-7-8-16-12/h1-4,12-13H,5-9H2. The minimum Gasteiger partial charge on any atom is -0.493 e. The monoisotopic (exact) mass is 224 g/mol. The largest absolute Gasteiger partial charge is 0.493 e. The van der Waals surface area contributed by atoms with Crippen molar-refractivity contribution < 1.29 is 19.3 Å². The average molecular weight is 224 g/mol. The first kappa shape index (κ1) is 11.4. The highest BCUT2D eigenvalue weighted by molar-refractivity contribution is 5.26. The highest BCUT2D eigenvalue weighted by atomic mass is 16.7. The van der Waals surface area contributed by atoms with Crippen molar-refractivity contribution in [2.45, 2.75) is 19.3 Å². The summed E-state index contributed by atoms with van der Waals surface area (Å²) in [5.74, 6) is 0.801. The van der Waals surface area contributed by atoms with Gasteiger partial charge >= 0.3 is 0 Å². The van der Waals surface area contributed by atoms with Crippen molar-refractivity contribution in [3.05, 3.63) is 29.8 Å². The van der Waals surface area contributed by atoms with Crippen molar-refractivity contribution in [1.82, 2.24) is 0 Å². The minimum absolute atomic E-state index is 0.0596. The van der Waals surface area contributed by atoms with Crippen LogP contribution < -0.4 is 4.74 Å². The summed E-state index contributed by atoms with van der Waals surface area (Å²) in [5, 5.41) is 8.87. The first-order chi connectivity index (χ1) is 7.88. The van der Waals surface area contributed by atoms with Crippen LogP contribution >= 0.6 is 0 Å². The van der Waals surface area contributed by atoms with Crippen LogP contribution in [0.3, 0.4) is 0 Å². The Morgan fingerprint density at radius 2 is 1.88 bits per heavy atom. The molecular formula is C12H16O4. The van der Waals surface area contributed by atoms with Crippen molar-refractivity contribution in [2.75, 3.05) is 19.8 Å². The molecule has 0 aromatic heterocycles. The van der Waals surface area contributed by atoms with Crippen LogP contribution in [0.25, 0.3) is 0 Å². The molecule has 1 fully saturated rings. The fourth-order valence-electron chi connectivity index (χ4n) is 1.54. The summed E-state index contributed by atoms with van der Waals surface area (Å²) in [6, 6.07) is 7.39. The van der Waals surface area contributed by atoms with E-state index < -0.39 is 0 Å². The second kappa shape index (κ2) is 5.84. The van der Waals surface area contributed by atoms with E-state index >= 15 is 0 Å². The number of ether oxygens (including phenoxy) is 3. The lowest BCUT2D eigenvalue weighted by Gasteiger charge is -2.10. The third-order valence-corrected chi connectivity index (χ3v) is 2.42. The third-order valence-electron chi connectivity index (χ3n) is 2.42. The maximum absolute atomic E-state index is 8.87. The highest BCUT2D eigenvalue weighted by Gasteiger charge is 2.15. The molecule has 0 radical (unpaired) electrons. The normalized spacial score (nSPS) is 16.6. The van der Waals surface area contributed by atoms with Gasteiger partial charge in [0.1, 0.15) is 5.75 Å². The van der Waals surface area contributed by atoms with E-state index in [2.05, 4.69) is 0 Å². The molecule has 1 aromatic carbocycles. The molecule has 4 nitrogen and oxygen atoms in total. The highest BCUT2D eigenvalue weighted by Crippen LogP contribution is 2.14. The molecule has 0 spiro atoms. The van der Waals surface area contributed by atoms with E-state index in [4.69, 9.17) is 19.3 Å². The van der Waals surface area contributed by atoms with Crippen LogP contribution in [-0.2, 0) is 16.1 Å². The quantitative estimate of drug-likeness (QED) is 0.819. The maximum Gasteiger partial charge on any atom is 0.161 e. The van der Waals surface area contributed by atoms with E-state index in [1.165, 1.54) is 0 Å². The molecule has 0 amide bonds. The van der Waals surface area contributed by atoms with Crippen LogP contribution in [0.1, 0.15) is 12.0 Å². The average Bonchev–Trinajstić information content (AvgIpc) is 2.83. The Bertz CT molecular complexity index is 303.